The molecule has 0 aliphatic rings. The summed E-state index contributed by atoms with van der Waals surface area (Å²) in [5, 5.41) is 3.77. The minimum absolute atomic E-state index is 0.494. The van der Waals surface area contributed by atoms with Gasteiger partial charge in [0.2, 0.25) is 0 Å². The molecular formula is C11H13ClN4. The maximum Gasteiger partial charge on any atom is 0.131 e. The van der Waals surface area contributed by atoms with Gasteiger partial charge in [-0.1, -0.05) is 11.6 Å². The number of hydrogen-bond acceptors (Lipinski definition) is 3. The lowest BCUT2D eigenvalue weighted by molar-refractivity contribution is 0.719. The van der Waals surface area contributed by atoms with E-state index < -0.39 is 0 Å². The first-order valence-electron chi connectivity index (χ1n) is 5.14. The van der Waals surface area contributed by atoms with Crippen molar-refractivity contribution in [2.75, 3.05) is 5.32 Å². The second kappa shape index (κ2) is 4.99. The summed E-state index contributed by atoms with van der Waals surface area (Å²) in [4.78, 5) is 8.03. The predicted octanol–water partition coefficient (Wildman–Crippen LogP) is 2.56. The molecule has 2 aromatic rings. The molecule has 5 heteroatoms. The summed E-state index contributed by atoms with van der Waals surface area (Å²) in [6.45, 7) is 3.75. The number of imidazole rings is 1. The van der Waals surface area contributed by atoms with Gasteiger partial charge in [-0.2, -0.15) is 0 Å². The lowest BCUT2D eigenvalue weighted by Gasteiger charge is -2.08. The summed E-state index contributed by atoms with van der Waals surface area (Å²) in [6.07, 6.45) is 5.37. The first-order valence-corrected chi connectivity index (χ1v) is 5.52. The van der Waals surface area contributed by atoms with Crippen LogP contribution < -0.4 is 5.32 Å². The van der Waals surface area contributed by atoms with E-state index in [0.717, 1.165) is 24.5 Å². The Bertz CT molecular complexity index is 467. The lowest BCUT2D eigenvalue weighted by atomic mass is 10.3. The van der Waals surface area contributed by atoms with Gasteiger partial charge in [0.25, 0.3) is 0 Å². The maximum atomic E-state index is 5.80. The fourth-order valence-corrected chi connectivity index (χ4v) is 1.66. The van der Waals surface area contributed by atoms with Crippen LogP contribution in [0, 0.1) is 0 Å². The average molecular weight is 237 g/mol. The van der Waals surface area contributed by atoms with Crippen molar-refractivity contribution in [2.45, 2.75) is 20.0 Å². The van der Waals surface area contributed by atoms with Crippen molar-refractivity contribution < 1.29 is 0 Å². The summed E-state index contributed by atoms with van der Waals surface area (Å²) in [6, 6.07) is 3.69. The Labute approximate surface area is 99.3 Å². The number of rotatable bonds is 4. The van der Waals surface area contributed by atoms with E-state index in [2.05, 4.69) is 26.8 Å². The summed E-state index contributed by atoms with van der Waals surface area (Å²) in [5.74, 6) is 0. The topological polar surface area (TPSA) is 42.7 Å². The van der Waals surface area contributed by atoms with Crippen molar-refractivity contribution in [1.82, 2.24) is 14.5 Å². The molecule has 0 aliphatic heterocycles. The van der Waals surface area contributed by atoms with E-state index in [1.807, 2.05) is 18.6 Å². The molecule has 0 amide bonds. The van der Waals surface area contributed by atoms with Gasteiger partial charge in [-0.25, -0.2) is 9.97 Å². The molecule has 0 radical (unpaired) electrons. The number of hydrogen-bond donors (Lipinski definition) is 1. The molecule has 4 nitrogen and oxygen atoms in total. The van der Waals surface area contributed by atoms with Crippen LogP contribution in [-0.2, 0) is 13.1 Å². The van der Waals surface area contributed by atoms with Gasteiger partial charge >= 0.3 is 0 Å². The quantitative estimate of drug-likeness (QED) is 0.830. The molecule has 0 fully saturated rings. The van der Waals surface area contributed by atoms with Gasteiger partial charge in [-0.3, -0.25) is 0 Å². The van der Waals surface area contributed by atoms with Crippen molar-refractivity contribution in [3.05, 3.63) is 41.7 Å². The molecule has 16 heavy (non-hydrogen) atoms. The number of nitrogens with zero attached hydrogens (tertiary/aromatic N) is 3. The molecule has 0 aromatic carbocycles. The summed E-state index contributed by atoms with van der Waals surface area (Å²) < 4.78 is 2.09. The Morgan fingerprint density at radius 2 is 2.38 bits per heavy atom. The average Bonchev–Trinajstić information content (AvgIpc) is 2.74. The molecule has 0 saturated carbocycles. The fraction of sp³-hybridized carbons (Fsp3) is 0.273. The number of halogens is 1. The van der Waals surface area contributed by atoms with E-state index in [1.165, 1.54) is 0 Å². The largest absolute Gasteiger partial charge is 0.379 e. The van der Waals surface area contributed by atoms with Crippen LogP contribution in [-0.4, -0.2) is 14.5 Å². The van der Waals surface area contributed by atoms with Crippen LogP contribution in [0.25, 0.3) is 0 Å². The first-order chi connectivity index (χ1) is 7.79. The third-order valence-corrected chi connectivity index (χ3v) is 2.55. The van der Waals surface area contributed by atoms with Crippen LogP contribution in [0.4, 0.5) is 5.69 Å². The highest BCUT2D eigenvalue weighted by Gasteiger charge is 2.00. The number of anilines is 1. The lowest BCUT2D eigenvalue weighted by Crippen LogP contribution is -2.05. The normalized spacial score (nSPS) is 10.4. The number of pyridine rings is 1. The smallest absolute Gasteiger partial charge is 0.131 e. The number of nitrogens with one attached hydrogen (secondary N) is 1. The zero-order chi connectivity index (χ0) is 11.4. The Morgan fingerprint density at radius 3 is 3.12 bits per heavy atom. The minimum Gasteiger partial charge on any atom is -0.379 e. The van der Waals surface area contributed by atoms with Gasteiger partial charge in [-0.05, 0) is 19.1 Å². The highest BCUT2D eigenvalue weighted by Crippen LogP contribution is 2.13. The van der Waals surface area contributed by atoms with E-state index in [0.29, 0.717) is 5.15 Å². The van der Waals surface area contributed by atoms with Crippen LogP contribution in [0.2, 0.25) is 5.15 Å². The van der Waals surface area contributed by atoms with Crippen molar-refractivity contribution in [3.63, 3.8) is 0 Å². The molecule has 1 N–H and O–H groups in total. The molecular weight excluding hydrogens is 224 g/mol. The molecule has 0 spiro atoms. The van der Waals surface area contributed by atoms with E-state index >= 15 is 0 Å². The Hall–Kier alpha value is -1.55. The zero-order valence-electron chi connectivity index (χ0n) is 9.02. The fourth-order valence-electron chi connectivity index (χ4n) is 1.49. The van der Waals surface area contributed by atoms with Gasteiger partial charge in [0, 0.05) is 24.6 Å². The molecule has 84 valence electrons. The van der Waals surface area contributed by atoms with Gasteiger partial charge < -0.3 is 9.88 Å². The zero-order valence-corrected chi connectivity index (χ0v) is 9.78. The molecule has 0 saturated heterocycles. The molecule has 0 atom stereocenters. The summed E-state index contributed by atoms with van der Waals surface area (Å²) in [5.41, 5.74) is 2.11. The molecule has 2 rings (SSSR count). The van der Waals surface area contributed by atoms with Crippen molar-refractivity contribution in [1.29, 1.82) is 0 Å². The van der Waals surface area contributed by atoms with Crippen LogP contribution in [0.3, 0.4) is 0 Å². The van der Waals surface area contributed by atoms with Crippen LogP contribution in [0.1, 0.15) is 12.6 Å². The van der Waals surface area contributed by atoms with Crippen molar-refractivity contribution >= 4 is 17.3 Å². The highest BCUT2D eigenvalue weighted by molar-refractivity contribution is 6.29. The third-order valence-electron chi connectivity index (χ3n) is 2.34. The molecule has 2 aromatic heterocycles. The first kappa shape index (κ1) is 11.0. The summed E-state index contributed by atoms with van der Waals surface area (Å²) >= 11 is 5.80. The second-order valence-corrected chi connectivity index (χ2v) is 3.78. The molecule has 2 heterocycles. The number of aryl methyl sites for hydroxylation is 1. The van der Waals surface area contributed by atoms with Crippen LogP contribution in [0.15, 0.2) is 30.9 Å². The van der Waals surface area contributed by atoms with E-state index in [9.17, 15) is 0 Å². The van der Waals surface area contributed by atoms with Crippen molar-refractivity contribution in [2.24, 2.45) is 0 Å². The SMILES string of the molecule is CCn1cncc1CNc1ccnc(Cl)c1. The van der Waals surface area contributed by atoms with Gasteiger partial charge in [-0.15, -0.1) is 0 Å². The molecule has 0 aliphatic carbocycles. The minimum atomic E-state index is 0.494. The van der Waals surface area contributed by atoms with Crippen LogP contribution >= 0.6 is 11.6 Å². The molecule has 0 unspecified atom stereocenters. The Balaban J connectivity index is 2.02. The van der Waals surface area contributed by atoms with Crippen molar-refractivity contribution in [3.8, 4) is 0 Å². The standard InChI is InChI=1S/C11H13ClN4/c1-2-16-8-13-6-10(16)7-15-9-3-4-14-11(12)5-9/h3-6,8H,2,7H2,1H3,(H,14,15). The Morgan fingerprint density at radius 1 is 1.50 bits per heavy atom. The van der Waals surface area contributed by atoms with E-state index in [4.69, 9.17) is 11.6 Å². The van der Waals surface area contributed by atoms with Gasteiger partial charge in [0.1, 0.15) is 5.15 Å². The second-order valence-electron chi connectivity index (χ2n) is 3.39. The Kier molecular flexibility index (Phi) is 3.41. The third kappa shape index (κ3) is 2.52. The van der Waals surface area contributed by atoms with Gasteiger partial charge in [0.05, 0.1) is 18.6 Å². The van der Waals surface area contributed by atoms with E-state index in [-0.39, 0.29) is 0 Å². The number of aromatic nitrogens is 3. The monoisotopic (exact) mass is 236 g/mol. The predicted molar refractivity (Wildman–Crippen MR) is 64.5 cm³/mol. The van der Waals surface area contributed by atoms with Crippen LogP contribution in [0.5, 0.6) is 0 Å². The van der Waals surface area contributed by atoms with E-state index in [1.54, 1.807) is 12.3 Å². The van der Waals surface area contributed by atoms with Gasteiger partial charge in [0.15, 0.2) is 0 Å². The molecule has 0 bridgehead atoms. The highest BCUT2D eigenvalue weighted by atomic mass is 35.5. The maximum absolute atomic E-state index is 5.80. The summed E-state index contributed by atoms with van der Waals surface area (Å²) in [7, 11) is 0.